The first-order valence-electron chi connectivity index (χ1n) is 6.24. The van der Waals surface area contributed by atoms with E-state index in [1.54, 1.807) is 13.0 Å². The zero-order valence-corrected chi connectivity index (χ0v) is 11.2. The predicted molar refractivity (Wildman–Crippen MR) is 69.3 cm³/mol. The van der Waals surface area contributed by atoms with E-state index in [9.17, 15) is 9.59 Å². The average molecular weight is 282 g/mol. The van der Waals surface area contributed by atoms with Crippen LogP contribution < -0.4 is 17.0 Å². The molecule has 1 atom stereocenters. The van der Waals surface area contributed by atoms with Gasteiger partial charge in [-0.15, -0.1) is 0 Å². The second-order valence-electron chi connectivity index (χ2n) is 4.66. The Morgan fingerprint density at radius 1 is 1.55 bits per heavy atom. The molecule has 1 aliphatic rings. The molecule has 20 heavy (non-hydrogen) atoms. The number of furan rings is 1. The predicted octanol–water partition coefficient (Wildman–Crippen LogP) is -1.12. The summed E-state index contributed by atoms with van der Waals surface area (Å²) in [5.41, 5.74) is 8.06. The van der Waals surface area contributed by atoms with Crippen LogP contribution in [0, 0.1) is 6.92 Å². The third-order valence-electron chi connectivity index (χ3n) is 3.23. The normalized spacial score (nSPS) is 19.8. The van der Waals surface area contributed by atoms with Crippen molar-refractivity contribution in [1.82, 2.24) is 10.3 Å². The van der Waals surface area contributed by atoms with Gasteiger partial charge in [0, 0.05) is 12.1 Å². The van der Waals surface area contributed by atoms with Crippen molar-refractivity contribution in [1.29, 1.82) is 0 Å². The number of morpholine rings is 1. The molecule has 0 aliphatic carbocycles. The van der Waals surface area contributed by atoms with Crippen LogP contribution >= 0.6 is 0 Å². The van der Waals surface area contributed by atoms with Crippen molar-refractivity contribution in [3.63, 3.8) is 0 Å². The molecule has 1 aromatic heterocycles. The number of carbonyl (C=O) groups excluding carboxylic acids is 2. The first-order valence-corrected chi connectivity index (χ1v) is 6.24. The molecule has 1 fully saturated rings. The van der Waals surface area contributed by atoms with Gasteiger partial charge in [-0.2, -0.15) is 0 Å². The molecule has 1 aromatic rings. The summed E-state index contributed by atoms with van der Waals surface area (Å²) in [6.45, 7) is 3.51. The summed E-state index contributed by atoms with van der Waals surface area (Å²) in [5.74, 6) is 4.91. The Bertz CT molecular complexity index is 514. The number of primary amides is 1. The highest BCUT2D eigenvalue weighted by atomic mass is 16.5. The van der Waals surface area contributed by atoms with Gasteiger partial charge in [-0.25, -0.2) is 5.84 Å². The van der Waals surface area contributed by atoms with E-state index in [4.69, 9.17) is 20.7 Å². The Hall–Kier alpha value is -1.90. The maximum absolute atomic E-state index is 11.5. The second kappa shape index (κ2) is 6.04. The number of rotatable bonds is 4. The van der Waals surface area contributed by atoms with E-state index < -0.39 is 17.9 Å². The molecule has 0 radical (unpaired) electrons. The number of amides is 2. The highest BCUT2D eigenvalue weighted by molar-refractivity contribution is 5.92. The van der Waals surface area contributed by atoms with Crippen molar-refractivity contribution >= 4 is 11.8 Å². The first-order chi connectivity index (χ1) is 9.52. The van der Waals surface area contributed by atoms with Crippen molar-refractivity contribution in [3.8, 4) is 0 Å². The summed E-state index contributed by atoms with van der Waals surface area (Å²) in [6, 6.07) is 1.26. The zero-order chi connectivity index (χ0) is 14.7. The van der Waals surface area contributed by atoms with Crippen molar-refractivity contribution in [2.45, 2.75) is 19.5 Å². The van der Waals surface area contributed by atoms with Crippen LogP contribution in [-0.4, -0.2) is 42.5 Å². The van der Waals surface area contributed by atoms with E-state index in [2.05, 4.69) is 0 Å². The number of nitrogens with one attached hydrogen (secondary N) is 1. The summed E-state index contributed by atoms with van der Waals surface area (Å²) in [7, 11) is 0. The van der Waals surface area contributed by atoms with Crippen LogP contribution in [0.4, 0.5) is 0 Å². The van der Waals surface area contributed by atoms with Crippen molar-refractivity contribution in [2.75, 3.05) is 19.8 Å². The molecule has 0 aromatic carbocycles. The van der Waals surface area contributed by atoms with E-state index in [-0.39, 0.29) is 12.4 Å². The Labute approximate surface area is 116 Å². The molecule has 1 unspecified atom stereocenters. The SMILES string of the molecule is Cc1cc(CN2CCOCC2C(N)=O)oc1C(=O)NN. The van der Waals surface area contributed by atoms with E-state index >= 15 is 0 Å². The average Bonchev–Trinajstić information content (AvgIpc) is 2.79. The van der Waals surface area contributed by atoms with Crippen molar-refractivity contribution in [2.24, 2.45) is 11.6 Å². The van der Waals surface area contributed by atoms with Gasteiger partial charge in [0.25, 0.3) is 0 Å². The van der Waals surface area contributed by atoms with Gasteiger partial charge in [0.05, 0.1) is 19.8 Å². The minimum absolute atomic E-state index is 0.173. The lowest BCUT2D eigenvalue weighted by Gasteiger charge is -2.32. The first kappa shape index (κ1) is 14.5. The molecule has 2 amide bonds. The molecule has 110 valence electrons. The fraction of sp³-hybridized carbons (Fsp3) is 0.500. The molecular formula is C12H18N4O4. The molecule has 8 heteroatoms. The fourth-order valence-corrected chi connectivity index (χ4v) is 2.21. The monoisotopic (exact) mass is 282 g/mol. The smallest absolute Gasteiger partial charge is 0.301 e. The third-order valence-corrected chi connectivity index (χ3v) is 3.23. The lowest BCUT2D eigenvalue weighted by atomic mass is 10.2. The van der Waals surface area contributed by atoms with Gasteiger partial charge in [0.2, 0.25) is 5.91 Å². The fourth-order valence-electron chi connectivity index (χ4n) is 2.21. The van der Waals surface area contributed by atoms with Gasteiger partial charge < -0.3 is 14.9 Å². The lowest BCUT2D eigenvalue weighted by molar-refractivity contribution is -0.129. The number of nitrogens with zero attached hydrogens (tertiary/aromatic N) is 1. The number of hydrogen-bond acceptors (Lipinski definition) is 6. The molecule has 0 saturated carbocycles. The van der Waals surface area contributed by atoms with Gasteiger partial charge in [-0.05, 0) is 13.0 Å². The highest BCUT2D eigenvalue weighted by Gasteiger charge is 2.28. The molecule has 0 bridgehead atoms. The maximum Gasteiger partial charge on any atom is 0.301 e. The van der Waals surface area contributed by atoms with E-state index in [1.807, 2.05) is 10.3 Å². The Morgan fingerprint density at radius 3 is 2.95 bits per heavy atom. The largest absolute Gasteiger partial charge is 0.454 e. The molecular weight excluding hydrogens is 264 g/mol. The minimum atomic E-state index is -0.485. The Kier molecular flexibility index (Phi) is 4.38. The number of carbonyl (C=O) groups is 2. The molecule has 1 aliphatic heterocycles. The number of ether oxygens (including phenoxy) is 1. The van der Waals surface area contributed by atoms with Crippen LogP contribution in [0.1, 0.15) is 21.9 Å². The van der Waals surface area contributed by atoms with Gasteiger partial charge in [-0.1, -0.05) is 0 Å². The highest BCUT2D eigenvalue weighted by Crippen LogP contribution is 2.18. The zero-order valence-electron chi connectivity index (χ0n) is 11.2. The molecule has 2 heterocycles. The summed E-state index contributed by atoms with van der Waals surface area (Å²) < 4.78 is 10.7. The Balaban J connectivity index is 2.12. The van der Waals surface area contributed by atoms with Gasteiger partial charge in [0.15, 0.2) is 5.76 Å². The van der Waals surface area contributed by atoms with Gasteiger partial charge in [0.1, 0.15) is 11.8 Å². The molecule has 2 rings (SSSR count). The second-order valence-corrected chi connectivity index (χ2v) is 4.66. The summed E-state index contributed by atoms with van der Waals surface area (Å²) in [6.07, 6.45) is 0. The number of nitrogens with two attached hydrogens (primary N) is 2. The van der Waals surface area contributed by atoms with E-state index in [1.165, 1.54) is 0 Å². The summed E-state index contributed by atoms with van der Waals surface area (Å²) >= 11 is 0. The summed E-state index contributed by atoms with van der Waals surface area (Å²) in [4.78, 5) is 24.7. The molecule has 8 nitrogen and oxygen atoms in total. The van der Waals surface area contributed by atoms with Crippen LogP contribution in [0.3, 0.4) is 0 Å². The van der Waals surface area contributed by atoms with Crippen LogP contribution in [0.2, 0.25) is 0 Å². The van der Waals surface area contributed by atoms with Crippen molar-refractivity contribution < 1.29 is 18.7 Å². The van der Waals surface area contributed by atoms with Gasteiger partial charge >= 0.3 is 5.91 Å². The van der Waals surface area contributed by atoms with Crippen LogP contribution in [-0.2, 0) is 16.1 Å². The Morgan fingerprint density at radius 2 is 2.30 bits per heavy atom. The molecule has 1 saturated heterocycles. The maximum atomic E-state index is 11.5. The quantitative estimate of drug-likeness (QED) is 0.365. The standard InChI is InChI=1S/C12H18N4O4/c1-7-4-8(20-10(7)12(18)15-14)5-16-2-3-19-6-9(16)11(13)17/h4,9H,2-3,5-6,14H2,1H3,(H2,13,17)(H,15,18). The van der Waals surface area contributed by atoms with Crippen molar-refractivity contribution in [3.05, 3.63) is 23.2 Å². The van der Waals surface area contributed by atoms with E-state index in [0.717, 1.165) is 0 Å². The van der Waals surface area contributed by atoms with Crippen LogP contribution in [0.5, 0.6) is 0 Å². The number of aryl methyl sites for hydroxylation is 1. The van der Waals surface area contributed by atoms with Crippen LogP contribution in [0.25, 0.3) is 0 Å². The van der Waals surface area contributed by atoms with E-state index in [0.29, 0.717) is 31.0 Å². The lowest BCUT2D eigenvalue weighted by Crippen LogP contribution is -2.51. The topological polar surface area (TPSA) is 124 Å². The molecule has 0 spiro atoms. The number of hydrazine groups is 1. The number of hydrogen-bond donors (Lipinski definition) is 3. The van der Waals surface area contributed by atoms with Gasteiger partial charge in [-0.3, -0.25) is 19.9 Å². The summed E-state index contributed by atoms with van der Waals surface area (Å²) in [5, 5.41) is 0. The van der Waals surface area contributed by atoms with Crippen LogP contribution in [0.15, 0.2) is 10.5 Å². The molecule has 5 N–H and O–H groups in total. The minimum Gasteiger partial charge on any atom is -0.454 e. The number of nitrogen functional groups attached to an aromatic ring is 1. The third kappa shape index (κ3) is 2.98.